The summed E-state index contributed by atoms with van der Waals surface area (Å²) in [6.45, 7) is 5.24. The van der Waals surface area contributed by atoms with E-state index in [0.717, 1.165) is 26.1 Å². The number of aromatic nitrogens is 1. The van der Waals surface area contributed by atoms with E-state index in [4.69, 9.17) is 0 Å². The van der Waals surface area contributed by atoms with Crippen LogP contribution in [-0.2, 0) is 19.5 Å². The maximum atomic E-state index is 3.48. The summed E-state index contributed by atoms with van der Waals surface area (Å²) < 4.78 is 2.28. The van der Waals surface area contributed by atoms with E-state index >= 15 is 0 Å². The number of nitrogens with zero attached hydrogens (tertiary/aromatic N) is 1. The van der Waals surface area contributed by atoms with Crippen LogP contribution in [0.5, 0.6) is 0 Å². The molecule has 2 aromatic rings. The average molecular weight is 234 g/mol. The highest BCUT2D eigenvalue weighted by molar-refractivity contribution is 7.07. The first-order chi connectivity index (χ1) is 7.90. The summed E-state index contributed by atoms with van der Waals surface area (Å²) in [7, 11) is 0. The van der Waals surface area contributed by atoms with Gasteiger partial charge in [-0.2, -0.15) is 11.3 Å². The largest absolute Gasteiger partial charge is 0.351 e. The lowest BCUT2D eigenvalue weighted by Crippen LogP contribution is -2.18. The standard InChI is InChI=1S/C13H18N2S/c1-2-15-8-3-4-13(15)10-14-7-5-12-6-9-16-11-12/h3-4,6,8-9,11,14H,2,5,7,10H2,1H3. The zero-order chi connectivity index (χ0) is 11.2. The summed E-state index contributed by atoms with van der Waals surface area (Å²) in [5.74, 6) is 0. The van der Waals surface area contributed by atoms with Gasteiger partial charge in [-0.1, -0.05) is 0 Å². The van der Waals surface area contributed by atoms with E-state index in [1.54, 1.807) is 11.3 Å². The highest BCUT2D eigenvalue weighted by Crippen LogP contribution is 2.06. The number of nitrogens with one attached hydrogen (secondary N) is 1. The van der Waals surface area contributed by atoms with E-state index in [9.17, 15) is 0 Å². The number of hydrogen-bond acceptors (Lipinski definition) is 2. The third kappa shape index (κ3) is 2.97. The summed E-state index contributed by atoms with van der Waals surface area (Å²) >= 11 is 1.77. The molecule has 2 nitrogen and oxygen atoms in total. The Balaban J connectivity index is 1.72. The molecule has 86 valence electrons. The molecule has 16 heavy (non-hydrogen) atoms. The Morgan fingerprint density at radius 2 is 2.31 bits per heavy atom. The molecule has 2 aromatic heterocycles. The van der Waals surface area contributed by atoms with Gasteiger partial charge in [-0.05, 0) is 54.4 Å². The van der Waals surface area contributed by atoms with E-state index in [2.05, 4.69) is 52.0 Å². The predicted molar refractivity (Wildman–Crippen MR) is 69.8 cm³/mol. The molecule has 3 heteroatoms. The fourth-order valence-corrected chi connectivity index (χ4v) is 2.51. The Hall–Kier alpha value is -1.06. The van der Waals surface area contributed by atoms with Gasteiger partial charge >= 0.3 is 0 Å². The molecule has 0 unspecified atom stereocenters. The minimum absolute atomic E-state index is 0.963. The first kappa shape index (κ1) is 11.4. The number of hydrogen-bond donors (Lipinski definition) is 1. The van der Waals surface area contributed by atoms with Crippen LogP contribution < -0.4 is 5.32 Å². The molecule has 0 aromatic carbocycles. The molecule has 0 fully saturated rings. The van der Waals surface area contributed by atoms with Crippen molar-refractivity contribution < 1.29 is 0 Å². The molecule has 0 amide bonds. The second kappa shape index (κ2) is 5.87. The van der Waals surface area contributed by atoms with Crippen molar-refractivity contribution in [1.29, 1.82) is 0 Å². The quantitative estimate of drug-likeness (QED) is 0.760. The zero-order valence-corrected chi connectivity index (χ0v) is 10.5. The zero-order valence-electron chi connectivity index (χ0n) is 9.65. The van der Waals surface area contributed by atoms with Gasteiger partial charge < -0.3 is 9.88 Å². The normalized spacial score (nSPS) is 10.8. The predicted octanol–water partition coefficient (Wildman–Crippen LogP) is 2.90. The van der Waals surface area contributed by atoms with Crippen LogP contribution in [0.4, 0.5) is 0 Å². The highest BCUT2D eigenvalue weighted by Gasteiger charge is 1.98. The molecule has 2 heterocycles. The monoisotopic (exact) mass is 234 g/mol. The summed E-state index contributed by atoms with van der Waals surface area (Å²) in [4.78, 5) is 0. The van der Waals surface area contributed by atoms with Crippen molar-refractivity contribution in [2.24, 2.45) is 0 Å². The van der Waals surface area contributed by atoms with Gasteiger partial charge in [0, 0.05) is 25.0 Å². The minimum Gasteiger partial charge on any atom is -0.351 e. The van der Waals surface area contributed by atoms with Gasteiger partial charge in [0.1, 0.15) is 0 Å². The molecule has 0 atom stereocenters. The van der Waals surface area contributed by atoms with Gasteiger partial charge in [0.25, 0.3) is 0 Å². The van der Waals surface area contributed by atoms with Crippen molar-refractivity contribution in [3.63, 3.8) is 0 Å². The van der Waals surface area contributed by atoms with Crippen molar-refractivity contribution in [3.8, 4) is 0 Å². The smallest absolute Gasteiger partial charge is 0.0359 e. The first-order valence-electron chi connectivity index (χ1n) is 5.76. The molecule has 0 saturated carbocycles. The summed E-state index contributed by atoms with van der Waals surface area (Å²) in [5, 5.41) is 7.84. The Bertz CT molecular complexity index is 403. The number of thiophene rings is 1. The van der Waals surface area contributed by atoms with Crippen LogP contribution in [0.3, 0.4) is 0 Å². The molecule has 0 saturated heterocycles. The number of aryl methyl sites for hydroxylation is 1. The van der Waals surface area contributed by atoms with Crippen LogP contribution >= 0.6 is 11.3 Å². The van der Waals surface area contributed by atoms with E-state index < -0.39 is 0 Å². The lowest BCUT2D eigenvalue weighted by Gasteiger charge is -2.07. The van der Waals surface area contributed by atoms with Crippen LogP contribution in [-0.4, -0.2) is 11.1 Å². The third-order valence-electron chi connectivity index (χ3n) is 2.74. The van der Waals surface area contributed by atoms with Gasteiger partial charge in [0.05, 0.1) is 0 Å². The summed E-state index contributed by atoms with van der Waals surface area (Å²) in [6, 6.07) is 6.49. The van der Waals surface area contributed by atoms with Crippen LogP contribution in [0, 0.1) is 0 Å². The second-order valence-electron chi connectivity index (χ2n) is 3.84. The van der Waals surface area contributed by atoms with Gasteiger partial charge in [-0.3, -0.25) is 0 Å². The van der Waals surface area contributed by atoms with Gasteiger partial charge in [0.15, 0.2) is 0 Å². The van der Waals surface area contributed by atoms with Gasteiger partial charge in [-0.25, -0.2) is 0 Å². The SMILES string of the molecule is CCn1cccc1CNCCc1ccsc1. The molecule has 0 aliphatic carbocycles. The Morgan fingerprint density at radius 1 is 1.38 bits per heavy atom. The fourth-order valence-electron chi connectivity index (χ4n) is 1.80. The van der Waals surface area contributed by atoms with Gasteiger partial charge in [0.2, 0.25) is 0 Å². The first-order valence-corrected chi connectivity index (χ1v) is 6.70. The van der Waals surface area contributed by atoms with Crippen LogP contribution in [0.2, 0.25) is 0 Å². The van der Waals surface area contributed by atoms with E-state index in [1.807, 2.05) is 0 Å². The lowest BCUT2D eigenvalue weighted by atomic mass is 10.2. The number of rotatable bonds is 6. The van der Waals surface area contributed by atoms with E-state index in [-0.39, 0.29) is 0 Å². The molecular formula is C13H18N2S. The van der Waals surface area contributed by atoms with Gasteiger partial charge in [-0.15, -0.1) is 0 Å². The molecule has 0 bridgehead atoms. The second-order valence-corrected chi connectivity index (χ2v) is 4.62. The van der Waals surface area contributed by atoms with Crippen molar-refractivity contribution in [2.75, 3.05) is 6.54 Å². The molecule has 0 radical (unpaired) electrons. The Labute approximate surface area is 101 Å². The summed E-state index contributed by atoms with van der Waals surface area (Å²) in [6.07, 6.45) is 3.26. The van der Waals surface area contributed by atoms with Crippen molar-refractivity contribution in [3.05, 3.63) is 46.4 Å². The summed E-state index contributed by atoms with van der Waals surface area (Å²) in [5.41, 5.74) is 2.80. The van der Waals surface area contributed by atoms with E-state index in [1.165, 1.54) is 11.3 Å². The maximum Gasteiger partial charge on any atom is 0.0359 e. The molecule has 2 rings (SSSR count). The molecule has 0 aliphatic heterocycles. The Kier molecular flexibility index (Phi) is 4.19. The fraction of sp³-hybridized carbons (Fsp3) is 0.385. The lowest BCUT2D eigenvalue weighted by molar-refractivity contribution is 0.629. The van der Waals surface area contributed by atoms with Crippen molar-refractivity contribution >= 4 is 11.3 Å². The van der Waals surface area contributed by atoms with Crippen molar-refractivity contribution in [1.82, 2.24) is 9.88 Å². The van der Waals surface area contributed by atoms with Crippen LogP contribution in [0.25, 0.3) is 0 Å². The highest BCUT2D eigenvalue weighted by atomic mass is 32.1. The topological polar surface area (TPSA) is 17.0 Å². The molecular weight excluding hydrogens is 216 g/mol. The average Bonchev–Trinajstić information content (AvgIpc) is 2.95. The molecule has 0 aliphatic rings. The Morgan fingerprint density at radius 3 is 3.06 bits per heavy atom. The maximum absolute atomic E-state index is 3.48. The molecule has 0 spiro atoms. The van der Waals surface area contributed by atoms with Crippen LogP contribution in [0.15, 0.2) is 35.2 Å². The van der Waals surface area contributed by atoms with E-state index in [0.29, 0.717) is 0 Å². The van der Waals surface area contributed by atoms with Crippen LogP contribution in [0.1, 0.15) is 18.2 Å². The minimum atomic E-state index is 0.963. The molecule has 1 N–H and O–H groups in total. The van der Waals surface area contributed by atoms with Crippen molar-refractivity contribution in [2.45, 2.75) is 26.4 Å². The third-order valence-corrected chi connectivity index (χ3v) is 3.47.